The van der Waals surface area contributed by atoms with Crippen molar-refractivity contribution in [1.29, 1.82) is 0 Å². The van der Waals surface area contributed by atoms with Gasteiger partial charge < -0.3 is 15.8 Å². The van der Waals surface area contributed by atoms with E-state index in [1.807, 2.05) is 24.3 Å². The van der Waals surface area contributed by atoms with Gasteiger partial charge >= 0.3 is 0 Å². The number of nitrogen functional groups attached to an aromatic ring is 1. The zero-order valence-electron chi connectivity index (χ0n) is 15.7. The minimum atomic E-state index is -2.89. The molecule has 26 heavy (non-hydrogen) atoms. The second-order valence-corrected chi connectivity index (χ2v) is 10.0. The summed E-state index contributed by atoms with van der Waals surface area (Å²) < 4.78 is 28.2. The number of anilines is 1. The van der Waals surface area contributed by atoms with Crippen LogP contribution in [0.5, 0.6) is 0 Å². The van der Waals surface area contributed by atoms with E-state index in [1.54, 1.807) is 7.11 Å². The van der Waals surface area contributed by atoms with Crippen molar-refractivity contribution in [3.63, 3.8) is 0 Å². The fourth-order valence-electron chi connectivity index (χ4n) is 3.38. The van der Waals surface area contributed by atoms with Gasteiger partial charge in [-0.25, -0.2) is 8.42 Å². The molecule has 7 heteroatoms. The molecule has 3 N–H and O–H groups in total. The number of thiocarbonyl (C=S) groups is 1. The monoisotopic (exact) mass is 398 g/mol. The first-order valence-corrected chi connectivity index (χ1v) is 11.6. The number of ether oxygens (including phenoxy) is 1. The summed E-state index contributed by atoms with van der Waals surface area (Å²) in [4.78, 5) is 0.852. The SMILES string of the molecule is CO[C@H](Cc1ccc(N)cc1)NC(=S)C1(CCCCS(C)(=O)=O)CCC1. The molecule has 0 saturated heterocycles. The summed E-state index contributed by atoms with van der Waals surface area (Å²) in [6, 6.07) is 7.76. The van der Waals surface area contributed by atoms with Gasteiger partial charge in [-0.1, -0.05) is 37.2 Å². The van der Waals surface area contributed by atoms with Crippen LogP contribution in [0.2, 0.25) is 0 Å². The Labute approximate surface area is 162 Å². The molecule has 1 aromatic carbocycles. The smallest absolute Gasteiger partial charge is 0.147 e. The number of sulfone groups is 1. The summed E-state index contributed by atoms with van der Waals surface area (Å²) in [7, 11) is -1.21. The van der Waals surface area contributed by atoms with E-state index in [4.69, 9.17) is 22.7 Å². The van der Waals surface area contributed by atoms with Gasteiger partial charge in [0, 0.05) is 36.6 Å². The number of nitrogens with one attached hydrogen (secondary N) is 1. The lowest BCUT2D eigenvalue weighted by Gasteiger charge is -2.43. The van der Waals surface area contributed by atoms with E-state index < -0.39 is 9.84 Å². The van der Waals surface area contributed by atoms with Gasteiger partial charge in [-0.2, -0.15) is 0 Å². The highest BCUT2D eigenvalue weighted by atomic mass is 32.2. The van der Waals surface area contributed by atoms with Gasteiger partial charge in [0.05, 0.1) is 4.99 Å². The van der Waals surface area contributed by atoms with Gasteiger partial charge in [0.1, 0.15) is 16.1 Å². The molecule has 1 aromatic rings. The van der Waals surface area contributed by atoms with Crippen molar-refractivity contribution < 1.29 is 13.2 Å². The molecular formula is C19H30N2O3S2. The van der Waals surface area contributed by atoms with Gasteiger partial charge in [-0.3, -0.25) is 0 Å². The molecule has 1 aliphatic carbocycles. The fourth-order valence-corrected chi connectivity index (χ4v) is 4.55. The van der Waals surface area contributed by atoms with Crippen LogP contribution in [0, 0.1) is 5.41 Å². The molecule has 1 saturated carbocycles. The first-order chi connectivity index (χ1) is 12.2. The molecule has 0 aromatic heterocycles. The van der Waals surface area contributed by atoms with E-state index in [2.05, 4.69) is 5.32 Å². The van der Waals surface area contributed by atoms with Crippen molar-refractivity contribution in [2.45, 2.75) is 51.2 Å². The van der Waals surface area contributed by atoms with E-state index in [0.717, 1.165) is 41.9 Å². The number of hydrogen-bond acceptors (Lipinski definition) is 5. The molecule has 0 radical (unpaired) electrons. The molecule has 0 aliphatic heterocycles. The minimum Gasteiger partial charge on any atom is -0.399 e. The Hall–Kier alpha value is -1.18. The van der Waals surface area contributed by atoms with Crippen LogP contribution < -0.4 is 11.1 Å². The Morgan fingerprint density at radius 2 is 1.96 bits per heavy atom. The normalized spacial score (nSPS) is 17.3. The van der Waals surface area contributed by atoms with Crippen LogP contribution in [-0.2, 0) is 21.0 Å². The van der Waals surface area contributed by atoms with E-state index in [9.17, 15) is 8.42 Å². The average Bonchev–Trinajstić information content (AvgIpc) is 2.53. The van der Waals surface area contributed by atoms with Crippen LogP contribution in [0.3, 0.4) is 0 Å². The summed E-state index contributed by atoms with van der Waals surface area (Å²) in [6.45, 7) is 0. The number of rotatable bonds is 10. The second-order valence-electron chi connectivity index (χ2n) is 7.36. The molecule has 0 unspecified atom stereocenters. The fraction of sp³-hybridized carbons (Fsp3) is 0.632. The highest BCUT2D eigenvalue weighted by Crippen LogP contribution is 2.46. The third kappa shape index (κ3) is 6.21. The van der Waals surface area contributed by atoms with Crippen molar-refractivity contribution in [2.24, 2.45) is 5.41 Å². The molecule has 0 heterocycles. The van der Waals surface area contributed by atoms with Gasteiger partial charge in [-0.05, 0) is 43.4 Å². The summed E-state index contributed by atoms with van der Waals surface area (Å²) in [6.07, 6.45) is 7.63. The molecular weight excluding hydrogens is 368 g/mol. The maximum atomic E-state index is 11.3. The summed E-state index contributed by atoms with van der Waals surface area (Å²) in [5, 5.41) is 3.39. The van der Waals surface area contributed by atoms with Crippen molar-refractivity contribution in [3.8, 4) is 0 Å². The van der Waals surface area contributed by atoms with E-state index in [-0.39, 0.29) is 17.4 Å². The third-order valence-electron chi connectivity index (χ3n) is 5.19. The van der Waals surface area contributed by atoms with E-state index in [0.29, 0.717) is 12.8 Å². The lowest BCUT2D eigenvalue weighted by Crippen LogP contribution is -2.49. The molecule has 2 rings (SSSR count). The van der Waals surface area contributed by atoms with Crippen LogP contribution in [0.4, 0.5) is 5.69 Å². The molecule has 146 valence electrons. The topological polar surface area (TPSA) is 81.4 Å². The minimum absolute atomic E-state index is 0.00470. The van der Waals surface area contributed by atoms with Crippen molar-refractivity contribution in [3.05, 3.63) is 29.8 Å². The van der Waals surface area contributed by atoms with Gasteiger partial charge in [0.2, 0.25) is 0 Å². The number of unbranched alkanes of at least 4 members (excludes halogenated alkanes) is 1. The van der Waals surface area contributed by atoms with Gasteiger partial charge in [-0.15, -0.1) is 0 Å². The van der Waals surface area contributed by atoms with Crippen molar-refractivity contribution in [1.82, 2.24) is 5.32 Å². The first kappa shape index (κ1) is 21.1. The number of hydrogen-bond donors (Lipinski definition) is 2. The zero-order chi connectivity index (χ0) is 19.2. The second kappa shape index (κ2) is 9.15. The van der Waals surface area contributed by atoms with Crippen LogP contribution in [-0.4, -0.2) is 38.8 Å². The predicted octanol–water partition coefficient (Wildman–Crippen LogP) is 3.09. The molecule has 5 nitrogen and oxygen atoms in total. The Morgan fingerprint density at radius 3 is 2.46 bits per heavy atom. The molecule has 0 spiro atoms. The maximum Gasteiger partial charge on any atom is 0.147 e. The molecule has 0 bridgehead atoms. The zero-order valence-corrected chi connectivity index (χ0v) is 17.3. The Bertz CT molecular complexity index is 698. The summed E-state index contributed by atoms with van der Waals surface area (Å²) in [5.41, 5.74) is 7.62. The quantitative estimate of drug-likeness (QED) is 0.273. The largest absolute Gasteiger partial charge is 0.399 e. The predicted molar refractivity (Wildman–Crippen MR) is 111 cm³/mol. The standard InChI is InChI=1S/C19H30N2O3S2/c1-24-17(14-15-6-8-16(20)9-7-15)21-18(25)19(11-5-12-19)10-3-4-13-26(2,22)23/h6-9,17H,3-5,10-14,20H2,1-2H3,(H,21,25)/t17-/m1/s1. The van der Waals surface area contributed by atoms with Crippen molar-refractivity contribution >= 4 is 32.7 Å². The van der Waals surface area contributed by atoms with E-state index >= 15 is 0 Å². The molecule has 1 aliphatic rings. The van der Waals surface area contributed by atoms with Crippen LogP contribution >= 0.6 is 12.2 Å². The number of methoxy groups -OCH3 is 1. The van der Waals surface area contributed by atoms with Crippen LogP contribution in [0.15, 0.2) is 24.3 Å². The Kier molecular flexibility index (Phi) is 7.43. The highest BCUT2D eigenvalue weighted by molar-refractivity contribution is 7.90. The lowest BCUT2D eigenvalue weighted by atomic mass is 9.65. The number of benzene rings is 1. The van der Waals surface area contributed by atoms with Crippen LogP contribution in [0.1, 0.15) is 44.1 Å². The summed E-state index contributed by atoms with van der Waals surface area (Å²) in [5.74, 6) is 0.251. The molecule has 1 atom stereocenters. The molecule has 0 amide bonds. The maximum absolute atomic E-state index is 11.3. The third-order valence-corrected chi connectivity index (χ3v) is 6.77. The van der Waals surface area contributed by atoms with Gasteiger partial charge in [0.25, 0.3) is 0 Å². The molecule has 1 fully saturated rings. The van der Waals surface area contributed by atoms with Gasteiger partial charge in [0.15, 0.2) is 0 Å². The lowest BCUT2D eigenvalue weighted by molar-refractivity contribution is 0.0850. The highest BCUT2D eigenvalue weighted by Gasteiger charge is 2.41. The summed E-state index contributed by atoms with van der Waals surface area (Å²) >= 11 is 5.71. The van der Waals surface area contributed by atoms with Crippen molar-refractivity contribution in [2.75, 3.05) is 24.9 Å². The van der Waals surface area contributed by atoms with Crippen LogP contribution in [0.25, 0.3) is 0 Å². The Balaban J connectivity index is 1.88. The average molecular weight is 399 g/mol. The van der Waals surface area contributed by atoms with E-state index in [1.165, 1.54) is 12.7 Å². The number of nitrogens with two attached hydrogens (primary N) is 1. The first-order valence-electron chi connectivity index (χ1n) is 9.10. The Morgan fingerprint density at radius 1 is 1.31 bits per heavy atom.